The van der Waals surface area contributed by atoms with Gasteiger partial charge in [-0.15, -0.1) is 12.4 Å². The van der Waals surface area contributed by atoms with Crippen LogP contribution in [0.3, 0.4) is 0 Å². The molecule has 0 saturated carbocycles. The molecule has 2 unspecified atom stereocenters. The molecular weight excluding hydrogens is 382 g/mol. The number of ether oxygens (including phenoxy) is 1. The van der Waals surface area contributed by atoms with Gasteiger partial charge in [-0.3, -0.25) is 14.4 Å². The number of hydrogen-bond donors (Lipinski definition) is 1. The van der Waals surface area contributed by atoms with Gasteiger partial charge in [0.25, 0.3) is 5.91 Å². The molecule has 0 spiro atoms. The summed E-state index contributed by atoms with van der Waals surface area (Å²) in [7, 11) is 0. The molecule has 8 heteroatoms. The van der Waals surface area contributed by atoms with Crippen molar-refractivity contribution in [1.82, 2.24) is 15.1 Å². The van der Waals surface area contributed by atoms with Crippen LogP contribution in [0.4, 0.5) is 0 Å². The molecule has 3 rings (SSSR count). The lowest BCUT2D eigenvalue weighted by atomic mass is 10.0. The Bertz CT molecular complexity index is 727. The predicted octanol–water partition coefficient (Wildman–Crippen LogP) is 1.50. The number of ketones is 1. The second-order valence-corrected chi connectivity index (χ2v) is 7.19. The first kappa shape index (κ1) is 22.2. The topological polar surface area (TPSA) is 79.0 Å². The summed E-state index contributed by atoms with van der Waals surface area (Å²) < 4.78 is 5.79. The number of rotatable bonds is 5. The summed E-state index contributed by atoms with van der Waals surface area (Å²) in [5, 5.41) is 3.08. The van der Waals surface area contributed by atoms with Gasteiger partial charge in [0.05, 0.1) is 6.54 Å². The Hall–Kier alpha value is -2.12. The molecule has 2 fully saturated rings. The fourth-order valence-electron chi connectivity index (χ4n) is 3.72. The number of likely N-dealkylation sites (tertiary alicyclic amines) is 1. The quantitative estimate of drug-likeness (QED) is 0.745. The van der Waals surface area contributed by atoms with Crippen molar-refractivity contribution in [3.63, 3.8) is 0 Å². The Labute approximate surface area is 171 Å². The molecule has 1 N–H and O–H groups in total. The Morgan fingerprint density at radius 3 is 2.79 bits per heavy atom. The van der Waals surface area contributed by atoms with Gasteiger partial charge < -0.3 is 19.9 Å². The number of carbonyl (C=O) groups is 3. The molecule has 7 nitrogen and oxygen atoms in total. The number of Topliss-reactive ketones (excluding diaryl/α,β-unsaturated/α-hetero) is 1. The van der Waals surface area contributed by atoms with E-state index < -0.39 is 6.10 Å². The third-order valence-corrected chi connectivity index (χ3v) is 5.18. The first-order valence-corrected chi connectivity index (χ1v) is 9.52. The Morgan fingerprint density at radius 1 is 1.29 bits per heavy atom. The summed E-state index contributed by atoms with van der Waals surface area (Å²) in [5.41, 5.74) is 0.558. The van der Waals surface area contributed by atoms with Gasteiger partial charge in [0, 0.05) is 37.8 Å². The molecule has 2 amide bonds. The number of amides is 2. The van der Waals surface area contributed by atoms with Crippen LogP contribution in [-0.2, 0) is 9.59 Å². The van der Waals surface area contributed by atoms with Crippen LogP contribution in [0.1, 0.15) is 37.0 Å². The molecule has 154 valence electrons. The molecule has 0 bridgehead atoms. The zero-order valence-electron chi connectivity index (χ0n) is 16.3. The molecule has 28 heavy (non-hydrogen) atoms. The van der Waals surface area contributed by atoms with Crippen molar-refractivity contribution in [3.05, 3.63) is 29.8 Å². The van der Waals surface area contributed by atoms with Crippen LogP contribution in [-0.4, -0.2) is 72.3 Å². The number of nitrogens with one attached hydrogen (secondary N) is 1. The van der Waals surface area contributed by atoms with E-state index in [1.54, 1.807) is 36.1 Å². The van der Waals surface area contributed by atoms with E-state index in [9.17, 15) is 14.4 Å². The van der Waals surface area contributed by atoms with Crippen molar-refractivity contribution in [2.24, 2.45) is 0 Å². The largest absolute Gasteiger partial charge is 0.481 e. The molecule has 2 atom stereocenters. The van der Waals surface area contributed by atoms with Crippen LogP contribution >= 0.6 is 12.4 Å². The van der Waals surface area contributed by atoms with Gasteiger partial charge in [-0.25, -0.2) is 0 Å². The Balaban J connectivity index is 0.00000280. The van der Waals surface area contributed by atoms with Crippen LogP contribution in [0, 0.1) is 0 Å². The molecule has 1 aromatic carbocycles. The molecule has 2 aliphatic heterocycles. The van der Waals surface area contributed by atoms with E-state index >= 15 is 0 Å². The highest BCUT2D eigenvalue weighted by Gasteiger charge is 2.33. The predicted molar refractivity (Wildman–Crippen MR) is 108 cm³/mol. The summed E-state index contributed by atoms with van der Waals surface area (Å²) in [6, 6.07) is 6.95. The standard InChI is InChI=1S/C20H27N3O4.ClH/c1-14(24)16-5-3-7-18(11-16)27-15(2)20(26)22-9-4-6-17(13-22)23-10-8-21-12-19(23)25;/h3,5,7,11,15,17,21H,4,6,8-10,12-13H2,1-2H3;1H. The van der Waals surface area contributed by atoms with Crippen molar-refractivity contribution in [1.29, 1.82) is 0 Å². The third-order valence-electron chi connectivity index (χ3n) is 5.18. The van der Waals surface area contributed by atoms with E-state index in [1.165, 1.54) is 6.92 Å². The van der Waals surface area contributed by atoms with E-state index in [0.717, 1.165) is 19.4 Å². The number of piperazine rings is 1. The lowest BCUT2D eigenvalue weighted by Gasteiger charge is -2.41. The van der Waals surface area contributed by atoms with Crippen LogP contribution < -0.4 is 10.1 Å². The van der Waals surface area contributed by atoms with Gasteiger partial charge in [-0.05, 0) is 38.8 Å². The second-order valence-electron chi connectivity index (χ2n) is 7.19. The highest BCUT2D eigenvalue weighted by molar-refractivity contribution is 5.94. The summed E-state index contributed by atoms with van der Waals surface area (Å²) in [4.78, 5) is 40.2. The summed E-state index contributed by atoms with van der Waals surface area (Å²) >= 11 is 0. The highest BCUT2D eigenvalue weighted by Crippen LogP contribution is 2.20. The fourth-order valence-corrected chi connectivity index (χ4v) is 3.72. The summed E-state index contributed by atoms with van der Waals surface area (Å²) in [6.07, 6.45) is 1.15. The molecule has 2 heterocycles. The third kappa shape index (κ3) is 5.23. The molecule has 0 radical (unpaired) electrons. The van der Waals surface area contributed by atoms with Gasteiger partial charge in [0.2, 0.25) is 5.91 Å². The maximum atomic E-state index is 12.8. The second kappa shape index (κ2) is 9.89. The molecule has 2 saturated heterocycles. The van der Waals surface area contributed by atoms with Gasteiger partial charge in [0.1, 0.15) is 5.75 Å². The first-order valence-electron chi connectivity index (χ1n) is 9.52. The fraction of sp³-hybridized carbons (Fsp3) is 0.550. The smallest absolute Gasteiger partial charge is 0.263 e. The van der Waals surface area contributed by atoms with Crippen LogP contribution in [0.15, 0.2) is 24.3 Å². The minimum absolute atomic E-state index is 0. The van der Waals surface area contributed by atoms with Crippen molar-refractivity contribution in [2.45, 2.75) is 38.8 Å². The lowest BCUT2D eigenvalue weighted by molar-refractivity contribution is -0.144. The molecule has 0 aliphatic carbocycles. The monoisotopic (exact) mass is 409 g/mol. The number of benzene rings is 1. The molecular formula is C20H28ClN3O4. The van der Waals surface area contributed by atoms with Gasteiger partial charge in [-0.1, -0.05) is 12.1 Å². The van der Waals surface area contributed by atoms with E-state index in [1.807, 2.05) is 4.90 Å². The van der Waals surface area contributed by atoms with E-state index in [4.69, 9.17) is 4.74 Å². The average Bonchev–Trinajstić information content (AvgIpc) is 2.68. The maximum Gasteiger partial charge on any atom is 0.263 e. The average molecular weight is 410 g/mol. The van der Waals surface area contributed by atoms with Crippen LogP contribution in [0.5, 0.6) is 5.75 Å². The van der Waals surface area contributed by atoms with Crippen LogP contribution in [0.25, 0.3) is 0 Å². The summed E-state index contributed by atoms with van der Waals surface area (Å²) in [6.45, 7) is 6.30. The van der Waals surface area contributed by atoms with Crippen molar-refractivity contribution in [2.75, 3.05) is 32.7 Å². The zero-order chi connectivity index (χ0) is 19.4. The number of carbonyl (C=O) groups excluding carboxylic acids is 3. The molecule has 0 aromatic heterocycles. The number of halogens is 1. The Kier molecular flexibility index (Phi) is 7.83. The number of hydrogen-bond acceptors (Lipinski definition) is 5. The molecule has 2 aliphatic rings. The van der Waals surface area contributed by atoms with Gasteiger partial charge in [0.15, 0.2) is 11.9 Å². The van der Waals surface area contributed by atoms with Crippen LogP contribution in [0.2, 0.25) is 0 Å². The SMILES string of the molecule is CC(=O)c1cccc(OC(C)C(=O)N2CCCC(N3CCNCC3=O)C2)c1.Cl. The van der Waals surface area contributed by atoms with Gasteiger partial charge >= 0.3 is 0 Å². The Morgan fingerprint density at radius 2 is 2.07 bits per heavy atom. The normalized spacial score (nSPS) is 20.9. The minimum Gasteiger partial charge on any atom is -0.481 e. The highest BCUT2D eigenvalue weighted by atomic mass is 35.5. The van der Waals surface area contributed by atoms with E-state index in [0.29, 0.717) is 37.5 Å². The zero-order valence-corrected chi connectivity index (χ0v) is 17.2. The minimum atomic E-state index is -0.648. The summed E-state index contributed by atoms with van der Waals surface area (Å²) in [5.74, 6) is 0.481. The number of piperidine rings is 1. The van der Waals surface area contributed by atoms with E-state index in [-0.39, 0.29) is 36.0 Å². The number of nitrogens with zero attached hydrogens (tertiary/aromatic N) is 2. The molecule has 1 aromatic rings. The van der Waals surface area contributed by atoms with E-state index in [2.05, 4.69) is 5.32 Å². The van der Waals surface area contributed by atoms with Crippen molar-refractivity contribution < 1.29 is 19.1 Å². The van der Waals surface area contributed by atoms with Crippen molar-refractivity contribution >= 4 is 30.0 Å². The first-order chi connectivity index (χ1) is 13.0. The maximum absolute atomic E-state index is 12.8. The van der Waals surface area contributed by atoms with Gasteiger partial charge in [-0.2, -0.15) is 0 Å². The lowest BCUT2D eigenvalue weighted by Crippen LogP contribution is -2.58. The van der Waals surface area contributed by atoms with Crippen molar-refractivity contribution in [3.8, 4) is 5.75 Å².